The Morgan fingerprint density at radius 1 is 1.20 bits per heavy atom. The molecule has 0 amide bonds. The van der Waals surface area contributed by atoms with Crippen LogP contribution in [0.1, 0.15) is 43.4 Å². The van der Waals surface area contributed by atoms with Gasteiger partial charge >= 0.3 is 0 Å². The number of nitrogens with one attached hydrogen (secondary N) is 1. The van der Waals surface area contributed by atoms with Gasteiger partial charge in [0, 0.05) is 19.1 Å². The lowest BCUT2D eigenvalue weighted by Gasteiger charge is -2.33. The van der Waals surface area contributed by atoms with Crippen molar-refractivity contribution < 1.29 is 0 Å². The van der Waals surface area contributed by atoms with E-state index in [4.69, 9.17) is 0 Å². The molecule has 1 aliphatic rings. The van der Waals surface area contributed by atoms with Crippen molar-refractivity contribution in [2.45, 2.75) is 53.1 Å². The van der Waals surface area contributed by atoms with E-state index >= 15 is 0 Å². The monoisotopic (exact) mass is 274 g/mol. The zero-order valence-corrected chi connectivity index (χ0v) is 13.6. The van der Waals surface area contributed by atoms with Crippen molar-refractivity contribution in [2.24, 2.45) is 5.92 Å². The highest BCUT2D eigenvalue weighted by atomic mass is 15.1. The van der Waals surface area contributed by atoms with Crippen LogP contribution < -0.4 is 5.32 Å². The van der Waals surface area contributed by atoms with Crippen LogP contribution in [0.4, 0.5) is 0 Å². The molecule has 0 bridgehead atoms. The largest absolute Gasteiger partial charge is 0.317 e. The Labute approximate surface area is 124 Å². The molecule has 1 aromatic carbocycles. The quantitative estimate of drug-likeness (QED) is 0.884. The predicted molar refractivity (Wildman–Crippen MR) is 87.1 cm³/mol. The molecule has 2 heteroatoms. The van der Waals surface area contributed by atoms with Gasteiger partial charge in [-0.3, -0.25) is 4.90 Å². The number of aryl methyl sites for hydroxylation is 2. The van der Waals surface area contributed by atoms with Crippen LogP contribution in [-0.2, 0) is 6.54 Å². The van der Waals surface area contributed by atoms with Crippen LogP contribution >= 0.6 is 0 Å². The van der Waals surface area contributed by atoms with E-state index in [2.05, 4.69) is 56.1 Å². The number of piperidine rings is 1. The Kier molecular flexibility index (Phi) is 5.62. The van der Waals surface area contributed by atoms with Crippen LogP contribution in [0.3, 0.4) is 0 Å². The lowest BCUT2D eigenvalue weighted by Crippen LogP contribution is -2.39. The summed E-state index contributed by atoms with van der Waals surface area (Å²) in [6.45, 7) is 13.8. The maximum absolute atomic E-state index is 3.46. The number of hydrogen-bond acceptors (Lipinski definition) is 2. The number of rotatable bonds is 5. The fourth-order valence-corrected chi connectivity index (χ4v) is 3.10. The van der Waals surface area contributed by atoms with Gasteiger partial charge in [-0.1, -0.05) is 23.8 Å². The molecular weight excluding hydrogens is 244 g/mol. The van der Waals surface area contributed by atoms with Crippen molar-refractivity contribution >= 4 is 0 Å². The van der Waals surface area contributed by atoms with Crippen molar-refractivity contribution in [1.82, 2.24) is 10.2 Å². The number of benzene rings is 1. The fourth-order valence-electron chi connectivity index (χ4n) is 3.10. The summed E-state index contributed by atoms with van der Waals surface area (Å²) in [5.74, 6) is 0.865. The second-order valence-electron chi connectivity index (χ2n) is 6.65. The van der Waals surface area contributed by atoms with Gasteiger partial charge in [0.25, 0.3) is 0 Å². The Hall–Kier alpha value is -0.860. The first-order valence-electron chi connectivity index (χ1n) is 8.07. The number of nitrogens with zero attached hydrogens (tertiary/aromatic N) is 1. The van der Waals surface area contributed by atoms with Gasteiger partial charge in [0.05, 0.1) is 0 Å². The molecule has 0 spiro atoms. The smallest absolute Gasteiger partial charge is 0.0239 e. The van der Waals surface area contributed by atoms with Gasteiger partial charge in [-0.2, -0.15) is 0 Å². The van der Waals surface area contributed by atoms with Crippen LogP contribution in [-0.4, -0.2) is 30.6 Å². The molecule has 0 atom stereocenters. The van der Waals surface area contributed by atoms with Gasteiger partial charge in [0.1, 0.15) is 0 Å². The summed E-state index contributed by atoms with van der Waals surface area (Å²) in [7, 11) is 0. The molecule has 1 aliphatic heterocycles. The predicted octanol–water partition coefficient (Wildman–Crippen LogP) is 3.51. The zero-order valence-electron chi connectivity index (χ0n) is 13.6. The van der Waals surface area contributed by atoms with Crippen LogP contribution in [0.25, 0.3) is 0 Å². The molecule has 0 aliphatic carbocycles. The average molecular weight is 274 g/mol. The molecule has 112 valence electrons. The molecule has 0 aromatic heterocycles. The van der Waals surface area contributed by atoms with E-state index in [1.807, 2.05) is 0 Å². The second-order valence-corrected chi connectivity index (χ2v) is 6.65. The van der Waals surface area contributed by atoms with Gasteiger partial charge in [-0.25, -0.2) is 0 Å². The molecule has 1 heterocycles. The lowest BCUT2D eigenvalue weighted by molar-refractivity contribution is 0.161. The van der Waals surface area contributed by atoms with Crippen LogP contribution in [0, 0.1) is 19.8 Å². The summed E-state index contributed by atoms with van der Waals surface area (Å²) in [6, 6.07) is 7.47. The summed E-state index contributed by atoms with van der Waals surface area (Å²) >= 11 is 0. The SMILES string of the molecule is Cc1ccc(CN(CC2CCNCC2)C(C)C)c(C)c1. The molecule has 2 rings (SSSR count). The summed E-state index contributed by atoms with van der Waals surface area (Å²) in [6.07, 6.45) is 2.66. The second kappa shape index (κ2) is 7.24. The van der Waals surface area contributed by atoms with Gasteiger partial charge in [-0.15, -0.1) is 0 Å². The standard InChI is InChI=1S/C18H30N2/c1-14(2)20(12-17-7-9-19-10-8-17)13-18-6-5-15(3)11-16(18)4/h5-6,11,14,17,19H,7-10,12-13H2,1-4H3. The van der Waals surface area contributed by atoms with Crippen molar-refractivity contribution in [1.29, 1.82) is 0 Å². The molecular formula is C18H30N2. The first kappa shape index (κ1) is 15.5. The molecule has 2 nitrogen and oxygen atoms in total. The fraction of sp³-hybridized carbons (Fsp3) is 0.667. The highest BCUT2D eigenvalue weighted by Crippen LogP contribution is 2.19. The van der Waals surface area contributed by atoms with Crippen molar-refractivity contribution in [2.75, 3.05) is 19.6 Å². The highest BCUT2D eigenvalue weighted by Gasteiger charge is 2.19. The summed E-state index contributed by atoms with van der Waals surface area (Å²) in [5, 5.41) is 3.46. The van der Waals surface area contributed by atoms with Gasteiger partial charge < -0.3 is 5.32 Å². The van der Waals surface area contributed by atoms with Crippen molar-refractivity contribution in [3.63, 3.8) is 0 Å². The maximum Gasteiger partial charge on any atom is 0.0239 e. The van der Waals surface area contributed by atoms with Crippen LogP contribution in [0.2, 0.25) is 0 Å². The maximum atomic E-state index is 3.46. The summed E-state index contributed by atoms with van der Waals surface area (Å²) in [4.78, 5) is 2.65. The summed E-state index contributed by atoms with van der Waals surface area (Å²) < 4.78 is 0. The van der Waals surface area contributed by atoms with Crippen molar-refractivity contribution in [3.05, 3.63) is 34.9 Å². The van der Waals surface area contributed by atoms with Crippen LogP contribution in [0.15, 0.2) is 18.2 Å². The Balaban J connectivity index is 2.01. The minimum Gasteiger partial charge on any atom is -0.317 e. The molecule has 0 unspecified atom stereocenters. The van der Waals surface area contributed by atoms with E-state index in [0.717, 1.165) is 12.5 Å². The number of hydrogen-bond donors (Lipinski definition) is 1. The third kappa shape index (κ3) is 4.32. The molecule has 0 saturated carbocycles. The van der Waals surface area contributed by atoms with E-state index in [-0.39, 0.29) is 0 Å². The molecule has 1 aromatic rings. The molecule has 1 N–H and O–H groups in total. The third-order valence-electron chi connectivity index (χ3n) is 4.55. The Morgan fingerprint density at radius 3 is 2.50 bits per heavy atom. The lowest BCUT2D eigenvalue weighted by atomic mass is 9.96. The van der Waals surface area contributed by atoms with E-state index in [9.17, 15) is 0 Å². The highest BCUT2D eigenvalue weighted by molar-refractivity contribution is 5.30. The third-order valence-corrected chi connectivity index (χ3v) is 4.55. The van der Waals surface area contributed by atoms with Gasteiger partial charge in [-0.05, 0) is 70.7 Å². The minimum absolute atomic E-state index is 0.616. The molecule has 1 fully saturated rings. The first-order valence-corrected chi connectivity index (χ1v) is 8.07. The zero-order chi connectivity index (χ0) is 14.5. The minimum atomic E-state index is 0.616. The van der Waals surface area contributed by atoms with E-state index in [1.54, 1.807) is 0 Å². The van der Waals surface area contributed by atoms with E-state index in [0.29, 0.717) is 6.04 Å². The van der Waals surface area contributed by atoms with E-state index in [1.165, 1.54) is 49.2 Å². The Morgan fingerprint density at radius 2 is 1.90 bits per heavy atom. The average Bonchev–Trinajstić information content (AvgIpc) is 2.42. The van der Waals surface area contributed by atoms with Gasteiger partial charge in [0.2, 0.25) is 0 Å². The summed E-state index contributed by atoms with van der Waals surface area (Å²) in [5.41, 5.74) is 4.28. The normalized spacial score (nSPS) is 17.1. The molecule has 1 saturated heterocycles. The van der Waals surface area contributed by atoms with Crippen LogP contribution in [0.5, 0.6) is 0 Å². The molecule has 20 heavy (non-hydrogen) atoms. The molecule has 0 radical (unpaired) electrons. The first-order chi connectivity index (χ1) is 9.56. The topological polar surface area (TPSA) is 15.3 Å². The Bertz CT molecular complexity index is 419. The van der Waals surface area contributed by atoms with E-state index < -0.39 is 0 Å². The van der Waals surface area contributed by atoms with Gasteiger partial charge in [0.15, 0.2) is 0 Å². The van der Waals surface area contributed by atoms with Crippen molar-refractivity contribution in [3.8, 4) is 0 Å².